The van der Waals surface area contributed by atoms with E-state index < -0.39 is 0 Å². The Labute approximate surface area is 85.4 Å². The van der Waals surface area contributed by atoms with E-state index in [2.05, 4.69) is 6.92 Å². The Hall–Kier alpha value is -0.610. The third-order valence-electron chi connectivity index (χ3n) is 2.44. The van der Waals surface area contributed by atoms with Crippen LogP contribution in [0.3, 0.4) is 0 Å². The van der Waals surface area contributed by atoms with E-state index in [0.717, 1.165) is 13.0 Å². The smallest absolute Gasteiger partial charge is 0.224 e. The fraction of sp³-hybridized carbons (Fsp3) is 0.900. The van der Waals surface area contributed by atoms with Crippen molar-refractivity contribution in [2.45, 2.75) is 38.8 Å². The number of morpholine rings is 1. The number of hydrogen-bond donors (Lipinski definition) is 1. The van der Waals surface area contributed by atoms with Crippen LogP contribution in [0.15, 0.2) is 0 Å². The van der Waals surface area contributed by atoms with Crippen molar-refractivity contribution in [2.75, 3.05) is 19.7 Å². The molecule has 0 aliphatic carbocycles. The van der Waals surface area contributed by atoms with E-state index in [1.807, 2.05) is 11.8 Å². The van der Waals surface area contributed by atoms with Crippen LogP contribution in [-0.2, 0) is 9.53 Å². The van der Waals surface area contributed by atoms with Crippen molar-refractivity contribution < 1.29 is 9.53 Å². The Kier molecular flexibility index (Phi) is 4.35. The molecule has 2 unspecified atom stereocenters. The third kappa shape index (κ3) is 3.27. The SMILES string of the molecule is CCC1CN(C(=O)CC(C)N)CCO1. The molecule has 4 heteroatoms. The topological polar surface area (TPSA) is 55.6 Å². The lowest BCUT2D eigenvalue weighted by atomic mass is 10.2. The maximum atomic E-state index is 11.7. The highest BCUT2D eigenvalue weighted by molar-refractivity contribution is 5.76. The first kappa shape index (κ1) is 11.5. The van der Waals surface area contributed by atoms with E-state index in [0.29, 0.717) is 19.6 Å². The van der Waals surface area contributed by atoms with Gasteiger partial charge in [-0.05, 0) is 13.3 Å². The molecule has 14 heavy (non-hydrogen) atoms. The van der Waals surface area contributed by atoms with Crippen molar-refractivity contribution in [3.63, 3.8) is 0 Å². The molecule has 82 valence electrons. The summed E-state index contributed by atoms with van der Waals surface area (Å²) in [5.74, 6) is 0.154. The Balaban J connectivity index is 2.39. The second kappa shape index (κ2) is 5.32. The normalized spacial score (nSPS) is 24.8. The van der Waals surface area contributed by atoms with Crippen molar-refractivity contribution in [2.24, 2.45) is 5.73 Å². The van der Waals surface area contributed by atoms with Crippen LogP contribution in [0.4, 0.5) is 0 Å². The van der Waals surface area contributed by atoms with Crippen LogP contribution < -0.4 is 5.73 Å². The van der Waals surface area contributed by atoms with Crippen molar-refractivity contribution >= 4 is 5.91 Å². The summed E-state index contributed by atoms with van der Waals surface area (Å²) in [6.07, 6.45) is 1.61. The fourth-order valence-corrected chi connectivity index (χ4v) is 1.60. The van der Waals surface area contributed by atoms with Crippen molar-refractivity contribution in [3.05, 3.63) is 0 Å². The summed E-state index contributed by atoms with van der Waals surface area (Å²) in [5, 5.41) is 0. The highest BCUT2D eigenvalue weighted by Gasteiger charge is 2.23. The number of nitrogens with two attached hydrogens (primary N) is 1. The minimum atomic E-state index is -0.0505. The molecule has 1 aliphatic heterocycles. The quantitative estimate of drug-likeness (QED) is 0.715. The molecule has 1 fully saturated rings. The first-order valence-corrected chi connectivity index (χ1v) is 5.28. The van der Waals surface area contributed by atoms with Crippen molar-refractivity contribution in [1.82, 2.24) is 4.90 Å². The van der Waals surface area contributed by atoms with E-state index in [1.165, 1.54) is 0 Å². The minimum Gasteiger partial charge on any atom is -0.375 e. The van der Waals surface area contributed by atoms with Gasteiger partial charge in [0.25, 0.3) is 0 Å². The zero-order chi connectivity index (χ0) is 10.6. The van der Waals surface area contributed by atoms with Gasteiger partial charge in [0.2, 0.25) is 5.91 Å². The standard InChI is InChI=1S/C10H20N2O2/c1-3-9-7-12(4-5-14-9)10(13)6-8(2)11/h8-9H,3-7,11H2,1-2H3. The van der Waals surface area contributed by atoms with Gasteiger partial charge in [0, 0.05) is 25.6 Å². The van der Waals surface area contributed by atoms with Gasteiger partial charge in [-0.2, -0.15) is 0 Å². The summed E-state index contributed by atoms with van der Waals surface area (Å²) in [5.41, 5.74) is 5.59. The Morgan fingerprint density at radius 3 is 3.00 bits per heavy atom. The average molecular weight is 200 g/mol. The second-order valence-corrected chi connectivity index (χ2v) is 3.92. The molecule has 2 atom stereocenters. The first-order chi connectivity index (χ1) is 6.63. The number of amides is 1. The zero-order valence-electron chi connectivity index (χ0n) is 9.03. The lowest BCUT2D eigenvalue weighted by Crippen LogP contribution is -2.46. The first-order valence-electron chi connectivity index (χ1n) is 5.28. The van der Waals surface area contributed by atoms with Crippen molar-refractivity contribution in [1.29, 1.82) is 0 Å². The molecule has 0 aromatic heterocycles. The summed E-state index contributed by atoms with van der Waals surface area (Å²) < 4.78 is 5.49. The van der Waals surface area contributed by atoms with Crippen molar-refractivity contribution in [3.8, 4) is 0 Å². The monoisotopic (exact) mass is 200 g/mol. The number of hydrogen-bond acceptors (Lipinski definition) is 3. The molecule has 1 aliphatic rings. The lowest BCUT2D eigenvalue weighted by molar-refractivity contribution is -0.139. The predicted molar refractivity (Wildman–Crippen MR) is 54.9 cm³/mol. The van der Waals surface area contributed by atoms with E-state index in [9.17, 15) is 4.79 Å². The number of nitrogens with zero attached hydrogens (tertiary/aromatic N) is 1. The van der Waals surface area contributed by atoms with Crippen LogP contribution in [-0.4, -0.2) is 42.6 Å². The number of carbonyl (C=O) groups excluding carboxylic acids is 1. The van der Waals surface area contributed by atoms with Gasteiger partial charge in [0.05, 0.1) is 12.7 Å². The maximum Gasteiger partial charge on any atom is 0.224 e. The lowest BCUT2D eigenvalue weighted by Gasteiger charge is -2.32. The number of rotatable bonds is 3. The Morgan fingerprint density at radius 2 is 2.43 bits per heavy atom. The molecule has 0 aromatic carbocycles. The molecule has 0 bridgehead atoms. The molecule has 1 amide bonds. The van der Waals surface area contributed by atoms with Gasteiger partial charge in [0.15, 0.2) is 0 Å². The fourth-order valence-electron chi connectivity index (χ4n) is 1.60. The highest BCUT2D eigenvalue weighted by Crippen LogP contribution is 2.09. The summed E-state index contributed by atoms with van der Waals surface area (Å²) in [4.78, 5) is 13.5. The van der Waals surface area contributed by atoms with Crippen LogP contribution in [0.1, 0.15) is 26.7 Å². The molecule has 1 heterocycles. The van der Waals surface area contributed by atoms with Gasteiger partial charge in [-0.1, -0.05) is 6.92 Å². The van der Waals surface area contributed by atoms with Gasteiger partial charge in [-0.25, -0.2) is 0 Å². The molecular weight excluding hydrogens is 180 g/mol. The molecule has 0 spiro atoms. The highest BCUT2D eigenvalue weighted by atomic mass is 16.5. The molecule has 1 rings (SSSR count). The van der Waals surface area contributed by atoms with Crippen LogP contribution in [0, 0.1) is 0 Å². The molecular formula is C10H20N2O2. The van der Waals surface area contributed by atoms with E-state index in [-0.39, 0.29) is 18.1 Å². The molecule has 1 saturated heterocycles. The summed E-state index contributed by atoms with van der Waals surface area (Å²) >= 11 is 0. The van der Waals surface area contributed by atoms with Gasteiger partial charge < -0.3 is 15.4 Å². The van der Waals surface area contributed by atoms with E-state index >= 15 is 0 Å². The number of ether oxygens (including phenoxy) is 1. The van der Waals surface area contributed by atoms with Gasteiger partial charge in [0.1, 0.15) is 0 Å². The van der Waals surface area contributed by atoms with Gasteiger partial charge in [-0.3, -0.25) is 4.79 Å². The van der Waals surface area contributed by atoms with Crippen LogP contribution >= 0.6 is 0 Å². The van der Waals surface area contributed by atoms with E-state index in [1.54, 1.807) is 0 Å². The average Bonchev–Trinajstić information content (AvgIpc) is 2.17. The summed E-state index contributed by atoms with van der Waals surface area (Å²) in [6.45, 7) is 6.02. The Bertz CT molecular complexity index is 195. The molecule has 0 aromatic rings. The Morgan fingerprint density at radius 1 is 1.71 bits per heavy atom. The van der Waals surface area contributed by atoms with Crippen LogP contribution in [0.25, 0.3) is 0 Å². The molecule has 0 saturated carbocycles. The second-order valence-electron chi connectivity index (χ2n) is 3.92. The van der Waals surface area contributed by atoms with Gasteiger partial charge in [-0.15, -0.1) is 0 Å². The third-order valence-corrected chi connectivity index (χ3v) is 2.44. The molecule has 0 radical (unpaired) electrons. The number of carbonyl (C=O) groups is 1. The predicted octanol–water partition coefficient (Wildman–Crippen LogP) is 0.361. The summed E-state index contributed by atoms with van der Waals surface area (Å²) in [6, 6.07) is -0.0505. The zero-order valence-corrected chi connectivity index (χ0v) is 9.03. The van der Waals surface area contributed by atoms with Gasteiger partial charge >= 0.3 is 0 Å². The molecule has 2 N–H and O–H groups in total. The molecule has 4 nitrogen and oxygen atoms in total. The minimum absolute atomic E-state index is 0.0505. The largest absolute Gasteiger partial charge is 0.375 e. The maximum absolute atomic E-state index is 11.7. The summed E-state index contributed by atoms with van der Waals surface area (Å²) in [7, 11) is 0. The van der Waals surface area contributed by atoms with E-state index in [4.69, 9.17) is 10.5 Å². The van der Waals surface area contributed by atoms with Crippen LogP contribution in [0.5, 0.6) is 0 Å². The van der Waals surface area contributed by atoms with Crippen LogP contribution in [0.2, 0.25) is 0 Å².